The first-order valence-corrected chi connectivity index (χ1v) is 5.76. The summed E-state index contributed by atoms with van der Waals surface area (Å²) >= 11 is 1.87. The lowest BCUT2D eigenvalue weighted by atomic mass is 9.87. The molecule has 0 amide bonds. The third-order valence-electron chi connectivity index (χ3n) is 2.62. The molecule has 12 heavy (non-hydrogen) atoms. The SMILES string of the molecule is COCC1CCC(SC)CC1O. The molecule has 1 fully saturated rings. The summed E-state index contributed by atoms with van der Waals surface area (Å²) in [7, 11) is 1.70. The van der Waals surface area contributed by atoms with Crippen molar-refractivity contribution in [2.45, 2.75) is 30.6 Å². The van der Waals surface area contributed by atoms with E-state index in [0.29, 0.717) is 17.8 Å². The Morgan fingerprint density at radius 3 is 2.75 bits per heavy atom. The average Bonchev–Trinajstić information content (AvgIpc) is 2.09. The fourth-order valence-electron chi connectivity index (χ4n) is 1.79. The molecule has 0 saturated heterocycles. The zero-order chi connectivity index (χ0) is 8.97. The van der Waals surface area contributed by atoms with Crippen molar-refractivity contribution >= 4 is 11.8 Å². The van der Waals surface area contributed by atoms with E-state index in [1.165, 1.54) is 6.42 Å². The molecule has 0 aromatic rings. The maximum Gasteiger partial charge on any atom is 0.0600 e. The van der Waals surface area contributed by atoms with Crippen LogP contribution in [-0.4, -0.2) is 36.4 Å². The predicted molar refractivity (Wildman–Crippen MR) is 52.5 cm³/mol. The molecule has 1 N–H and O–H groups in total. The summed E-state index contributed by atoms with van der Waals surface area (Å²) in [5.41, 5.74) is 0. The van der Waals surface area contributed by atoms with Gasteiger partial charge in [0.05, 0.1) is 12.7 Å². The molecule has 3 atom stereocenters. The number of thioether (sulfide) groups is 1. The highest BCUT2D eigenvalue weighted by molar-refractivity contribution is 7.99. The quantitative estimate of drug-likeness (QED) is 0.732. The van der Waals surface area contributed by atoms with Crippen LogP contribution in [0.25, 0.3) is 0 Å². The van der Waals surface area contributed by atoms with E-state index in [1.807, 2.05) is 11.8 Å². The lowest BCUT2D eigenvalue weighted by Crippen LogP contribution is -2.33. The topological polar surface area (TPSA) is 29.5 Å². The normalized spacial score (nSPS) is 36.8. The number of ether oxygens (including phenoxy) is 1. The Labute approximate surface area is 78.7 Å². The van der Waals surface area contributed by atoms with Gasteiger partial charge in [-0.05, 0) is 25.5 Å². The lowest BCUT2D eigenvalue weighted by molar-refractivity contribution is 0.0228. The van der Waals surface area contributed by atoms with Gasteiger partial charge in [-0.15, -0.1) is 0 Å². The van der Waals surface area contributed by atoms with Crippen molar-refractivity contribution in [3.8, 4) is 0 Å². The first-order chi connectivity index (χ1) is 5.77. The maximum atomic E-state index is 9.71. The lowest BCUT2D eigenvalue weighted by Gasteiger charge is -2.31. The van der Waals surface area contributed by atoms with Crippen LogP contribution in [0.15, 0.2) is 0 Å². The molecule has 72 valence electrons. The van der Waals surface area contributed by atoms with E-state index < -0.39 is 0 Å². The summed E-state index contributed by atoms with van der Waals surface area (Å²) in [6, 6.07) is 0. The summed E-state index contributed by atoms with van der Waals surface area (Å²) in [4.78, 5) is 0. The fourth-order valence-corrected chi connectivity index (χ4v) is 2.56. The van der Waals surface area contributed by atoms with Crippen LogP contribution in [0.2, 0.25) is 0 Å². The average molecular weight is 190 g/mol. The Bertz CT molecular complexity index is 130. The van der Waals surface area contributed by atoms with E-state index in [-0.39, 0.29) is 6.10 Å². The molecule has 0 radical (unpaired) electrons. The molecule has 0 aromatic heterocycles. The van der Waals surface area contributed by atoms with Gasteiger partial charge >= 0.3 is 0 Å². The molecule has 3 heteroatoms. The van der Waals surface area contributed by atoms with Gasteiger partial charge in [-0.25, -0.2) is 0 Å². The molecule has 1 saturated carbocycles. The van der Waals surface area contributed by atoms with Crippen molar-refractivity contribution in [2.24, 2.45) is 5.92 Å². The largest absolute Gasteiger partial charge is 0.393 e. The van der Waals surface area contributed by atoms with Gasteiger partial charge in [-0.2, -0.15) is 11.8 Å². The maximum absolute atomic E-state index is 9.71. The highest BCUT2D eigenvalue weighted by atomic mass is 32.2. The van der Waals surface area contributed by atoms with E-state index in [9.17, 15) is 5.11 Å². The standard InChI is InChI=1S/C9H18O2S/c1-11-6-7-3-4-8(12-2)5-9(7)10/h7-10H,3-6H2,1-2H3. The van der Waals surface area contributed by atoms with Gasteiger partial charge < -0.3 is 9.84 Å². The van der Waals surface area contributed by atoms with Crippen LogP contribution in [0, 0.1) is 5.92 Å². The Balaban J connectivity index is 2.31. The molecular weight excluding hydrogens is 172 g/mol. The van der Waals surface area contributed by atoms with Gasteiger partial charge in [0.2, 0.25) is 0 Å². The van der Waals surface area contributed by atoms with Gasteiger partial charge in [0, 0.05) is 18.3 Å². The van der Waals surface area contributed by atoms with Crippen LogP contribution in [0.3, 0.4) is 0 Å². The van der Waals surface area contributed by atoms with E-state index >= 15 is 0 Å². The molecule has 0 bridgehead atoms. The zero-order valence-corrected chi connectivity index (χ0v) is 8.64. The molecule has 0 heterocycles. The van der Waals surface area contributed by atoms with Gasteiger partial charge in [0.15, 0.2) is 0 Å². The Morgan fingerprint density at radius 2 is 2.25 bits per heavy atom. The molecule has 0 aromatic carbocycles. The summed E-state index contributed by atoms with van der Waals surface area (Å²) < 4.78 is 5.05. The minimum atomic E-state index is -0.142. The molecule has 1 aliphatic rings. The number of hydrogen-bond donors (Lipinski definition) is 1. The Morgan fingerprint density at radius 1 is 1.50 bits per heavy atom. The number of aliphatic hydroxyl groups is 1. The molecule has 1 aliphatic carbocycles. The van der Waals surface area contributed by atoms with Crippen LogP contribution in [-0.2, 0) is 4.74 Å². The van der Waals surface area contributed by atoms with E-state index in [4.69, 9.17) is 4.74 Å². The van der Waals surface area contributed by atoms with Crippen molar-refractivity contribution in [1.29, 1.82) is 0 Å². The number of methoxy groups -OCH3 is 1. The first kappa shape index (κ1) is 10.4. The highest BCUT2D eigenvalue weighted by Crippen LogP contribution is 2.30. The third kappa shape index (κ3) is 2.64. The molecule has 2 nitrogen and oxygen atoms in total. The minimum Gasteiger partial charge on any atom is -0.393 e. The van der Waals surface area contributed by atoms with E-state index in [1.54, 1.807) is 7.11 Å². The number of hydrogen-bond acceptors (Lipinski definition) is 3. The van der Waals surface area contributed by atoms with Crippen molar-refractivity contribution in [1.82, 2.24) is 0 Å². The number of rotatable bonds is 3. The van der Waals surface area contributed by atoms with Crippen LogP contribution in [0.1, 0.15) is 19.3 Å². The molecular formula is C9H18O2S. The van der Waals surface area contributed by atoms with Crippen molar-refractivity contribution in [3.63, 3.8) is 0 Å². The number of aliphatic hydroxyl groups excluding tert-OH is 1. The first-order valence-electron chi connectivity index (χ1n) is 4.47. The van der Waals surface area contributed by atoms with Crippen molar-refractivity contribution < 1.29 is 9.84 Å². The van der Waals surface area contributed by atoms with Gasteiger partial charge in [0.25, 0.3) is 0 Å². The monoisotopic (exact) mass is 190 g/mol. The Hall–Kier alpha value is 0.270. The molecule has 0 aliphatic heterocycles. The molecule has 0 spiro atoms. The molecule has 3 unspecified atom stereocenters. The predicted octanol–water partition coefficient (Wildman–Crippen LogP) is 1.53. The van der Waals surface area contributed by atoms with Crippen LogP contribution in [0.4, 0.5) is 0 Å². The van der Waals surface area contributed by atoms with Gasteiger partial charge in [-0.3, -0.25) is 0 Å². The van der Waals surface area contributed by atoms with Crippen LogP contribution < -0.4 is 0 Å². The Kier molecular flexibility index (Phi) is 4.40. The summed E-state index contributed by atoms with van der Waals surface area (Å²) in [5.74, 6) is 0.374. The zero-order valence-electron chi connectivity index (χ0n) is 7.82. The van der Waals surface area contributed by atoms with Crippen LogP contribution in [0.5, 0.6) is 0 Å². The highest BCUT2D eigenvalue weighted by Gasteiger charge is 2.28. The van der Waals surface area contributed by atoms with Gasteiger partial charge in [-0.1, -0.05) is 0 Å². The smallest absolute Gasteiger partial charge is 0.0600 e. The summed E-state index contributed by atoms with van der Waals surface area (Å²) in [6.07, 6.45) is 5.26. The third-order valence-corrected chi connectivity index (χ3v) is 3.72. The second-order valence-electron chi connectivity index (χ2n) is 3.45. The summed E-state index contributed by atoms with van der Waals surface area (Å²) in [6.45, 7) is 0.711. The summed E-state index contributed by atoms with van der Waals surface area (Å²) in [5, 5.41) is 10.4. The van der Waals surface area contributed by atoms with E-state index in [0.717, 1.165) is 12.8 Å². The minimum absolute atomic E-state index is 0.142. The van der Waals surface area contributed by atoms with Crippen LogP contribution >= 0.6 is 11.8 Å². The fraction of sp³-hybridized carbons (Fsp3) is 1.00. The second-order valence-corrected chi connectivity index (χ2v) is 4.59. The van der Waals surface area contributed by atoms with Crippen molar-refractivity contribution in [2.75, 3.05) is 20.0 Å². The van der Waals surface area contributed by atoms with Gasteiger partial charge in [0.1, 0.15) is 0 Å². The van der Waals surface area contributed by atoms with E-state index in [2.05, 4.69) is 6.26 Å². The molecule has 1 rings (SSSR count). The second kappa shape index (κ2) is 5.10. The van der Waals surface area contributed by atoms with Crippen molar-refractivity contribution in [3.05, 3.63) is 0 Å².